The number of fused-ring (bicyclic) bond motifs is 1. The minimum atomic E-state index is -3.75. The number of carbonyl (C=O) groups is 1. The summed E-state index contributed by atoms with van der Waals surface area (Å²) in [4.78, 5) is 18.4. The molecule has 1 aliphatic heterocycles. The molecule has 1 saturated heterocycles. The molecule has 2 aromatic heterocycles. The molecule has 0 amide bonds. The largest absolute Gasteiger partial charge is 0.481 e. The predicted octanol–water partition coefficient (Wildman–Crippen LogP) is 1.44. The van der Waals surface area contributed by atoms with Gasteiger partial charge in [0.15, 0.2) is 0 Å². The second kappa shape index (κ2) is 5.36. The Balaban J connectivity index is 2.05. The molecule has 2 unspecified atom stereocenters. The fraction of sp³-hybridized carbons (Fsp3) is 0.429. The third-order valence-electron chi connectivity index (χ3n) is 4.23. The van der Waals surface area contributed by atoms with Crippen LogP contribution < -0.4 is 0 Å². The van der Waals surface area contributed by atoms with Crippen molar-refractivity contribution in [2.75, 3.05) is 6.54 Å². The Labute approximate surface area is 128 Å². The Bertz CT molecular complexity index is 814. The number of sulfonamides is 1. The van der Waals surface area contributed by atoms with Crippen molar-refractivity contribution in [1.82, 2.24) is 14.3 Å². The Morgan fingerprint density at radius 3 is 3.00 bits per heavy atom. The quantitative estimate of drug-likeness (QED) is 0.886. The van der Waals surface area contributed by atoms with Gasteiger partial charge in [0.1, 0.15) is 10.5 Å². The van der Waals surface area contributed by atoms with E-state index in [2.05, 4.69) is 9.97 Å². The highest BCUT2D eigenvalue weighted by Crippen LogP contribution is 2.34. The highest BCUT2D eigenvalue weighted by atomic mass is 32.2. The van der Waals surface area contributed by atoms with Crippen molar-refractivity contribution in [3.05, 3.63) is 24.5 Å². The lowest BCUT2D eigenvalue weighted by molar-refractivity contribution is -0.142. The molecule has 2 atom stereocenters. The number of carboxylic acid groups (broad SMARTS) is 1. The minimum Gasteiger partial charge on any atom is -0.481 e. The van der Waals surface area contributed by atoms with E-state index in [1.807, 2.05) is 6.92 Å². The Morgan fingerprint density at radius 2 is 2.32 bits per heavy atom. The molecule has 1 fully saturated rings. The van der Waals surface area contributed by atoms with Gasteiger partial charge in [-0.15, -0.1) is 0 Å². The summed E-state index contributed by atoms with van der Waals surface area (Å²) in [6.07, 6.45) is 3.82. The van der Waals surface area contributed by atoms with Crippen molar-refractivity contribution in [3.63, 3.8) is 0 Å². The lowest BCUT2D eigenvalue weighted by atomic mass is 9.99. The average molecular weight is 323 g/mol. The Morgan fingerprint density at radius 1 is 1.55 bits per heavy atom. The van der Waals surface area contributed by atoms with Gasteiger partial charge in [0, 0.05) is 30.4 Å². The van der Waals surface area contributed by atoms with Crippen molar-refractivity contribution in [2.45, 2.75) is 30.7 Å². The number of aliphatic carboxylic acids is 1. The number of hydrogen-bond acceptors (Lipinski definition) is 4. The molecule has 0 spiro atoms. The number of aromatic amines is 1. The molecule has 0 bridgehead atoms. The molecule has 3 rings (SSSR count). The zero-order chi connectivity index (χ0) is 15.9. The van der Waals surface area contributed by atoms with E-state index in [9.17, 15) is 18.3 Å². The van der Waals surface area contributed by atoms with Gasteiger partial charge in [0.2, 0.25) is 10.0 Å². The second-order valence-electron chi connectivity index (χ2n) is 5.38. The summed E-state index contributed by atoms with van der Waals surface area (Å²) in [5, 5.41) is 9.79. The molecule has 0 aliphatic carbocycles. The third kappa shape index (κ3) is 2.19. The number of carboxylic acids is 1. The van der Waals surface area contributed by atoms with Gasteiger partial charge >= 0.3 is 5.97 Å². The summed E-state index contributed by atoms with van der Waals surface area (Å²) in [5.41, 5.74) is 0.503. The first-order valence-electron chi connectivity index (χ1n) is 7.13. The molecule has 8 heteroatoms. The van der Waals surface area contributed by atoms with Crippen LogP contribution in [-0.4, -0.2) is 46.4 Å². The molecule has 7 nitrogen and oxygen atoms in total. The number of rotatable bonds is 4. The van der Waals surface area contributed by atoms with Gasteiger partial charge in [-0.1, -0.05) is 6.92 Å². The molecule has 2 N–H and O–H groups in total. The van der Waals surface area contributed by atoms with Gasteiger partial charge in [-0.25, -0.2) is 13.4 Å². The second-order valence-corrected chi connectivity index (χ2v) is 7.24. The number of nitrogens with zero attached hydrogens (tertiary/aromatic N) is 2. The molecule has 3 heterocycles. The van der Waals surface area contributed by atoms with Crippen LogP contribution >= 0.6 is 0 Å². The van der Waals surface area contributed by atoms with Crippen LogP contribution in [0.15, 0.2) is 29.4 Å². The van der Waals surface area contributed by atoms with E-state index in [4.69, 9.17) is 0 Å². The monoisotopic (exact) mass is 323 g/mol. The summed E-state index contributed by atoms with van der Waals surface area (Å²) >= 11 is 0. The smallest absolute Gasteiger partial charge is 0.308 e. The van der Waals surface area contributed by atoms with Crippen molar-refractivity contribution in [1.29, 1.82) is 0 Å². The van der Waals surface area contributed by atoms with E-state index < -0.39 is 28.0 Å². The Kier molecular flexibility index (Phi) is 3.65. The Hall–Kier alpha value is -1.93. The lowest BCUT2D eigenvalue weighted by Crippen LogP contribution is -2.39. The molecular formula is C14H17N3O4S. The SMILES string of the molecule is CCC1C(C(=O)O)CCN1S(=O)(=O)c1c[nH]c2ncccc12. The third-order valence-corrected chi connectivity index (χ3v) is 6.19. The van der Waals surface area contributed by atoms with Gasteiger partial charge in [-0.2, -0.15) is 4.31 Å². The number of nitrogens with one attached hydrogen (secondary N) is 1. The summed E-state index contributed by atoms with van der Waals surface area (Å²) in [5.74, 6) is -1.59. The molecular weight excluding hydrogens is 306 g/mol. The first-order chi connectivity index (χ1) is 10.5. The van der Waals surface area contributed by atoms with Gasteiger partial charge in [0.25, 0.3) is 0 Å². The summed E-state index contributed by atoms with van der Waals surface area (Å²) in [7, 11) is -3.75. The highest BCUT2D eigenvalue weighted by molar-refractivity contribution is 7.89. The van der Waals surface area contributed by atoms with Gasteiger partial charge < -0.3 is 10.1 Å². The number of hydrogen-bond donors (Lipinski definition) is 2. The van der Waals surface area contributed by atoms with Crippen molar-refractivity contribution in [2.24, 2.45) is 5.92 Å². The normalized spacial score (nSPS) is 23.1. The maximum atomic E-state index is 12.9. The van der Waals surface area contributed by atoms with Crippen LogP contribution in [0.25, 0.3) is 11.0 Å². The van der Waals surface area contributed by atoms with Crippen LogP contribution in [0, 0.1) is 5.92 Å². The van der Waals surface area contributed by atoms with E-state index >= 15 is 0 Å². The molecule has 0 aromatic carbocycles. The molecule has 0 radical (unpaired) electrons. The van der Waals surface area contributed by atoms with Crippen molar-refractivity contribution < 1.29 is 18.3 Å². The van der Waals surface area contributed by atoms with E-state index in [1.54, 1.807) is 18.3 Å². The van der Waals surface area contributed by atoms with Crippen LogP contribution in [-0.2, 0) is 14.8 Å². The maximum absolute atomic E-state index is 12.9. The topological polar surface area (TPSA) is 103 Å². The van der Waals surface area contributed by atoms with Crippen molar-refractivity contribution >= 4 is 27.0 Å². The van der Waals surface area contributed by atoms with Crippen molar-refractivity contribution in [3.8, 4) is 0 Å². The number of H-pyrrole nitrogens is 1. The van der Waals surface area contributed by atoms with E-state index in [0.29, 0.717) is 23.9 Å². The first-order valence-corrected chi connectivity index (χ1v) is 8.57. The fourth-order valence-electron chi connectivity index (χ4n) is 3.17. The van der Waals surface area contributed by atoms with Crippen LogP contribution in [0.1, 0.15) is 19.8 Å². The zero-order valence-corrected chi connectivity index (χ0v) is 12.9. The highest BCUT2D eigenvalue weighted by Gasteiger charge is 2.44. The molecule has 0 saturated carbocycles. The summed E-state index contributed by atoms with van der Waals surface area (Å²) < 4.78 is 27.2. The average Bonchev–Trinajstić information content (AvgIpc) is 3.11. The van der Waals surface area contributed by atoms with E-state index in [0.717, 1.165) is 0 Å². The minimum absolute atomic E-state index is 0.153. The summed E-state index contributed by atoms with van der Waals surface area (Å²) in [6, 6.07) is 2.86. The van der Waals surface area contributed by atoms with Gasteiger partial charge in [-0.3, -0.25) is 4.79 Å². The van der Waals surface area contributed by atoms with Crippen LogP contribution in [0.5, 0.6) is 0 Å². The van der Waals surface area contributed by atoms with Crippen LogP contribution in [0.2, 0.25) is 0 Å². The first kappa shape index (κ1) is 15.0. The standard InChI is InChI=1S/C14H17N3O4S/c1-2-11-9(14(18)19)5-7-17(11)22(20,21)12-8-16-13-10(12)4-3-6-15-13/h3-4,6,8-9,11H,2,5,7H2,1H3,(H,15,16)(H,18,19). The van der Waals surface area contributed by atoms with E-state index in [1.165, 1.54) is 10.5 Å². The van der Waals surface area contributed by atoms with Crippen LogP contribution in [0.3, 0.4) is 0 Å². The molecule has 22 heavy (non-hydrogen) atoms. The molecule has 1 aliphatic rings. The molecule has 2 aromatic rings. The van der Waals surface area contributed by atoms with Gasteiger partial charge in [-0.05, 0) is 25.0 Å². The maximum Gasteiger partial charge on any atom is 0.308 e. The molecule has 118 valence electrons. The lowest BCUT2D eigenvalue weighted by Gasteiger charge is -2.24. The van der Waals surface area contributed by atoms with Crippen LogP contribution in [0.4, 0.5) is 0 Å². The number of aromatic nitrogens is 2. The zero-order valence-electron chi connectivity index (χ0n) is 12.1. The van der Waals surface area contributed by atoms with Gasteiger partial charge in [0.05, 0.1) is 5.92 Å². The van der Waals surface area contributed by atoms with E-state index in [-0.39, 0.29) is 11.4 Å². The predicted molar refractivity (Wildman–Crippen MR) is 79.8 cm³/mol. The fourth-order valence-corrected chi connectivity index (χ4v) is 5.07. The summed E-state index contributed by atoms with van der Waals surface area (Å²) in [6.45, 7) is 2.04. The number of pyridine rings is 1.